The van der Waals surface area contributed by atoms with Crippen molar-refractivity contribution in [2.45, 2.75) is 11.6 Å². The van der Waals surface area contributed by atoms with E-state index in [1.54, 1.807) is 0 Å². The van der Waals surface area contributed by atoms with Gasteiger partial charge < -0.3 is 4.57 Å². The number of hydrogen-bond donors (Lipinski definition) is 1. The summed E-state index contributed by atoms with van der Waals surface area (Å²) in [5, 5.41) is 17.1. The van der Waals surface area contributed by atoms with E-state index in [1.165, 1.54) is 0 Å². The highest BCUT2D eigenvalue weighted by Crippen LogP contribution is 2.19. The molecule has 0 amide bonds. The van der Waals surface area contributed by atoms with Crippen molar-refractivity contribution in [2.75, 3.05) is 0 Å². The number of rotatable bonds is 2. The summed E-state index contributed by atoms with van der Waals surface area (Å²) in [6, 6.07) is 9.83. The molecule has 0 saturated carbocycles. The summed E-state index contributed by atoms with van der Waals surface area (Å²) in [5.41, 5.74) is 1.97. The van der Waals surface area contributed by atoms with Crippen molar-refractivity contribution in [2.24, 2.45) is 7.05 Å². The fraction of sp³-hybridized carbons (Fsp3) is 0.182. The van der Waals surface area contributed by atoms with Crippen LogP contribution in [0.4, 0.5) is 0 Å². The smallest absolute Gasteiger partial charge is 0.188 e. The summed E-state index contributed by atoms with van der Waals surface area (Å²) in [6.45, 7) is 0. The maximum atomic E-state index is 8.57. The summed E-state index contributed by atoms with van der Waals surface area (Å²) in [7, 11) is 1.86. The fourth-order valence-corrected chi connectivity index (χ4v) is 1.57. The highest BCUT2D eigenvalue weighted by molar-refractivity contribution is 7.80. The molecule has 0 aliphatic carbocycles. The van der Waals surface area contributed by atoms with Crippen LogP contribution in [0.3, 0.4) is 0 Å². The van der Waals surface area contributed by atoms with E-state index in [9.17, 15) is 0 Å². The van der Waals surface area contributed by atoms with E-state index >= 15 is 0 Å². The standard InChI is InChI=1S/C11H10N4S/c1-15-10(13-14-11(15)16)9-4-2-8(3-5-9)6-7-12/h2-5H,6H2,1H3,(H,14,16). The molecule has 0 aliphatic heterocycles. The van der Waals surface area contributed by atoms with Gasteiger partial charge in [0.15, 0.2) is 11.0 Å². The van der Waals surface area contributed by atoms with Gasteiger partial charge in [-0.05, 0) is 5.56 Å². The number of nitriles is 1. The summed E-state index contributed by atoms with van der Waals surface area (Å²) in [4.78, 5) is 0. The SMILES string of the molecule is Cn1c(S)nnc1-c1ccc(CC#N)cc1. The number of aromatic nitrogens is 3. The maximum Gasteiger partial charge on any atom is 0.188 e. The molecule has 16 heavy (non-hydrogen) atoms. The minimum Gasteiger partial charge on any atom is -0.305 e. The second kappa shape index (κ2) is 4.37. The third-order valence-corrected chi connectivity index (χ3v) is 2.74. The molecule has 1 aromatic heterocycles. The van der Waals surface area contributed by atoms with Gasteiger partial charge in [0.2, 0.25) is 0 Å². The zero-order chi connectivity index (χ0) is 11.5. The van der Waals surface area contributed by atoms with E-state index in [4.69, 9.17) is 5.26 Å². The molecule has 4 nitrogen and oxygen atoms in total. The first-order valence-corrected chi connectivity index (χ1v) is 5.21. The largest absolute Gasteiger partial charge is 0.305 e. The molecule has 1 aromatic carbocycles. The van der Waals surface area contributed by atoms with Gasteiger partial charge >= 0.3 is 0 Å². The van der Waals surface area contributed by atoms with E-state index in [1.807, 2.05) is 35.9 Å². The van der Waals surface area contributed by atoms with Crippen LogP contribution in [-0.2, 0) is 13.5 Å². The van der Waals surface area contributed by atoms with Gasteiger partial charge in [-0.1, -0.05) is 24.3 Å². The van der Waals surface area contributed by atoms with Crippen LogP contribution < -0.4 is 0 Å². The topological polar surface area (TPSA) is 54.5 Å². The molecule has 80 valence electrons. The highest BCUT2D eigenvalue weighted by Gasteiger charge is 2.07. The summed E-state index contributed by atoms with van der Waals surface area (Å²) >= 11 is 4.17. The lowest BCUT2D eigenvalue weighted by atomic mass is 10.1. The van der Waals surface area contributed by atoms with Gasteiger partial charge in [-0.2, -0.15) is 5.26 Å². The fourth-order valence-electron chi connectivity index (χ4n) is 1.44. The zero-order valence-electron chi connectivity index (χ0n) is 8.75. The van der Waals surface area contributed by atoms with Crippen molar-refractivity contribution in [3.8, 4) is 17.5 Å². The molecular weight excluding hydrogens is 220 g/mol. The first kappa shape index (κ1) is 10.7. The third-order valence-electron chi connectivity index (χ3n) is 2.35. The van der Waals surface area contributed by atoms with Gasteiger partial charge in [0.25, 0.3) is 0 Å². The van der Waals surface area contributed by atoms with Gasteiger partial charge in [0, 0.05) is 12.6 Å². The second-order valence-corrected chi connectivity index (χ2v) is 3.81. The van der Waals surface area contributed by atoms with Crippen LogP contribution in [0.5, 0.6) is 0 Å². The van der Waals surface area contributed by atoms with E-state index < -0.39 is 0 Å². The molecule has 5 heteroatoms. The maximum absolute atomic E-state index is 8.57. The summed E-state index contributed by atoms with van der Waals surface area (Å²) in [6.07, 6.45) is 0.427. The molecule has 2 rings (SSSR count). The van der Waals surface area contributed by atoms with Crippen molar-refractivity contribution < 1.29 is 0 Å². The van der Waals surface area contributed by atoms with Gasteiger partial charge in [0.1, 0.15) is 0 Å². The van der Waals surface area contributed by atoms with Crippen LogP contribution in [0.1, 0.15) is 5.56 Å². The van der Waals surface area contributed by atoms with Gasteiger partial charge in [-0.25, -0.2) is 0 Å². The molecular formula is C11H10N4S. The van der Waals surface area contributed by atoms with E-state index in [0.29, 0.717) is 11.6 Å². The van der Waals surface area contributed by atoms with Crippen LogP contribution in [0, 0.1) is 11.3 Å². The van der Waals surface area contributed by atoms with Crippen LogP contribution in [0.15, 0.2) is 29.4 Å². The second-order valence-electron chi connectivity index (χ2n) is 3.41. The van der Waals surface area contributed by atoms with E-state index in [2.05, 4.69) is 28.9 Å². The lowest BCUT2D eigenvalue weighted by Gasteiger charge is -2.01. The van der Waals surface area contributed by atoms with Crippen LogP contribution in [-0.4, -0.2) is 14.8 Å². The molecule has 0 N–H and O–H groups in total. The normalized spacial score (nSPS) is 10.1. The van der Waals surface area contributed by atoms with E-state index in [-0.39, 0.29) is 0 Å². The highest BCUT2D eigenvalue weighted by atomic mass is 32.1. The first-order chi connectivity index (χ1) is 7.72. The molecule has 0 unspecified atom stereocenters. The monoisotopic (exact) mass is 230 g/mol. The van der Waals surface area contributed by atoms with Gasteiger partial charge in [-0.3, -0.25) is 0 Å². The molecule has 0 bridgehead atoms. The van der Waals surface area contributed by atoms with Crippen molar-refractivity contribution >= 4 is 12.6 Å². The number of thiol groups is 1. The van der Waals surface area contributed by atoms with Gasteiger partial charge in [-0.15, -0.1) is 22.8 Å². The molecule has 0 atom stereocenters. The molecule has 2 aromatic rings. The van der Waals surface area contributed by atoms with Crippen molar-refractivity contribution in [1.29, 1.82) is 5.26 Å². The Morgan fingerprint density at radius 2 is 2.00 bits per heavy atom. The predicted molar refractivity (Wildman–Crippen MR) is 63.0 cm³/mol. The van der Waals surface area contributed by atoms with Crippen LogP contribution in [0.2, 0.25) is 0 Å². The Morgan fingerprint density at radius 3 is 2.50 bits per heavy atom. The van der Waals surface area contributed by atoms with Crippen molar-refractivity contribution in [1.82, 2.24) is 14.8 Å². The first-order valence-electron chi connectivity index (χ1n) is 4.77. The van der Waals surface area contributed by atoms with E-state index in [0.717, 1.165) is 17.0 Å². The Balaban J connectivity index is 2.35. The Labute approximate surface area is 99.0 Å². The molecule has 0 spiro atoms. The minimum atomic E-state index is 0.427. The molecule has 0 aliphatic rings. The van der Waals surface area contributed by atoms with Crippen molar-refractivity contribution in [3.63, 3.8) is 0 Å². The number of hydrogen-bond acceptors (Lipinski definition) is 4. The van der Waals surface area contributed by atoms with Crippen LogP contribution >= 0.6 is 12.6 Å². The Bertz CT molecular complexity index is 536. The quantitative estimate of drug-likeness (QED) is 0.801. The lowest BCUT2D eigenvalue weighted by Crippen LogP contribution is -1.93. The summed E-state index contributed by atoms with van der Waals surface area (Å²) in [5.74, 6) is 0.772. The minimum absolute atomic E-state index is 0.427. The van der Waals surface area contributed by atoms with Gasteiger partial charge in [0.05, 0.1) is 12.5 Å². The lowest BCUT2D eigenvalue weighted by molar-refractivity contribution is 0.798. The Kier molecular flexibility index (Phi) is 2.93. The Morgan fingerprint density at radius 1 is 1.31 bits per heavy atom. The molecule has 1 heterocycles. The average Bonchev–Trinajstić information content (AvgIpc) is 2.62. The summed E-state index contributed by atoms with van der Waals surface area (Å²) < 4.78 is 1.81. The number of benzene rings is 1. The third kappa shape index (κ3) is 1.92. The number of nitrogens with zero attached hydrogens (tertiary/aromatic N) is 4. The van der Waals surface area contributed by atoms with Crippen LogP contribution in [0.25, 0.3) is 11.4 Å². The molecule has 0 radical (unpaired) electrons. The Hall–Kier alpha value is -1.80. The molecule has 0 saturated heterocycles. The molecule has 0 fully saturated rings. The van der Waals surface area contributed by atoms with Crippen molar-refractivity contribution in [3.05, 3.63) is 29.8 Å². The average molecular weight is 230 g/mol. The predicted octanol–water partition coefficient (Wildman–Crippen LogP) is 1.84. The zero-order valence-corrected chi connectivity index (χ0v) is 9.65.